The standard InChI is InChI=1S/C24H32ClN3O4/c1-23(9-10-23)21(30)27-11-7-16(8-12-27)20(29)28-14-18(13-26-22(31)32)24(2,15-28)17-3-5-19(25)6-4-17/h3-6,16,18,26H,7-15H2,1-2H3,(H,31,32)/t18-,24-/m0/s1. The molecule has 3 fully saturated rings. The minimum absolute atomic E-state index is 0.0415. The first kappa shape index (κ1) is 22.9. The molecule has 8 heteroatoms. The first-order chi connectivity index (χ1) is 15.1. The Hall–Kier alpha value is -2.28. The maximum atomic E-state index is 13.4. The van der Waals surface area contributed by atoms with Crippen molar-refractivity contribution in [2.75, 3.05) is 32.7 Å². The molecule has 3 aliphatic rings. The molecular weight excluding hydrogens is 430 g/mol. The molecule has 0 aromatic heterocycles. The van der Waals surface area contributed by atoms with Crippen molar-refractivity contribution in [3.8, 4) is 0 Å². The fraction of sp³-hybridized carbons (Fsp3) is 0.625. The molecule has 1 aliphatic carbocycles. The molecule has 1 aromatic carbocycles. The Bertz CT molecular complexity index is 893. The van der Waals surface area contributed by atoms with Gasteiger partial charge in [-0.25, -0.2) is 4.79 Å². The highest BCUT2D eigenvalue weighted by molar-refractivity contribution is 6.30. The zero-order chi connectivity index (χ0) is 23.1. The molecule has 2 aliphatic heterocycles. The molecule has 0 radical (unpaired) electrons. The quantitative estimate of drug-likeness (QED) is 0.703. The van der Waals surface area contributed by atoms with Crippen LogP contribution in [0.2, 0.25) is 5.02 Å². The van der Waals surface area contributed by atoms with Crippen molar-refractivity contribution in [2.45, 2.75) is 44.9 Å². The second-order valence-corrected chi connectivity index (χ2v) is 10.6. The minimum Gasteiger partial charge on any atom is -0.465 e. The average molecular weight is 462 g/mol. The Labute approximate surface area is 194 Å². The number of carboxylic acid groups (broad SMARTS) is 1. The summed E-state index contributed by atoms with van der Waals surface area (Å²) in [6, 6.07) is 7.60. The Morgan fingerprint density at radius 1 is 1.09 bits per heavy atom. The van der Waals surface area contributed by atoms with Crippen LogP contribution in [-0.2, 0) is 15.0 Å². The van der Waals surface area contributed by atoms with Gasteiger partial charge in [-0.3, -0.25) is 9.59 Å². The van der Waals surface area contributed by atoms with Crippen molar-refractivity contribution in [2.24, 2.45) is 17.3 Å². The summed E-state index contributed by atoms with van der Waals surface area (Å²) in [5.41, 5.74) is 0.503. The predicted octanol–water partition coefficient (Wildman–Crippen LogP) is 3.36. The number of halogens is 1. The van der Waals surface area contributed by atoms with Crippen LogP contribution < -0.4 is 5.32 Å². The molecule has 2 heterocycles. The molecule has 0 spiro atoms. The van der Waals surface area contributed by atoms with E-state index in [1.54, 1.807) is 0 Å². The summed E-state index contributed by atoms with van der Waals surface area (Å²) in [4.78, 5) is 41.0. The molecule has 0 unspecified atom stereocenters. The predicted molar refractivity (Wildman–Crippen MR) is 122 cm³/mol. The van der Waals surface area contributed by atoms with Gasteiger partial charge in [-0.1, -0.05) is 37.6 Å². The zero-order valence-corrected chi connectivity index (χ0v) is 19.5. The lowest BCUT2D eigenvalue weighted by molar-refractivity contribution is -0.142. The van der Waals surface area contributed by atoms with Crippen LogP contribution in [0.1, 0.15) is 45.1 Å². The van der Waals surface area contributed by atoms with Crippen molar-refractivity contribution in [1.29, 1.82) is 0 Å². The number of carbonyl (C=O) groups is 3. The van der Waals surface area contributed by atoms with Gasteiger partial charge >= 0.3 is 6.09 Å². The summed E-state index contributed by atoms with van der Waals surface area (Å²) < 4.78 is 0. The normalized spacial score (nSPS) is 27.3. The van der Waals surface area contributed by atoms with Crippen molar-refractivity contribution < 1.29 is 19.5 Å². The van der Waals surface area contributed by atoms with Crippen LogP contribution in [0, 0.1) is 17.3 Å². The first-order valence-corrected chi connectivity index (χ1v) is 11.8. The number of nitrogens with zero attached hydrogens (tertiary/aromatic N) is 2. The van der Waals surface area contributed by atoms with Gasteiger partial charge in [-0.15, -0.1) is 0 Å². The number of rotatable bonds is 5. The third-order valence-electron chi connectivity index (χ3n) is 7.82. The van der Waals surface area contributed by atoms with Gasteiger partial charge in [0.1, 0.15) is 0 Å². The lowest BCUT2D eigenvalue weighted by atomic mass is 9.74. The summed E-state index contributed by atoms with van der Waals surface area (Å²) in [5.74, 6) is 0.222. The van der Waals surface area contributed by atoms with E-state index in [1.807, 2.05) is 41.0 Å². The molecule has 1 saturated carbocycles. The van der Waals surface area contributed by atoms with Gasteiger partial charge in [0, 0.05) is 60.4 Å². The second kappa shape index (κ2) is 8.58. The maximum Gasteiger partial charge on any atom is 0.404 e. The largest absolute Gasteiger partial charge is 0.465 e. The van der Waals surface area contributed by atoms with Crippen molar-refractivity contribution in [3.05, 3.63) is 34.9 Å². The summed E-state index contributed by atoms with van der Waals surface area (Å²) in [7, 11) is 0. The lowest BCUT2D eigenvalue weighted by Crippen LogP contribution is -2.46. The smallest absolute Gasteiger partial charge is 0.404 e. The number of amides is 3. The number of hydrogen-bond donors (Lipinski definition) is 2. The number of nitrogens with one attached hydrogen (secondary N) is 1. The van der Waals surface area contributed by atoms with Crippen LogP contribution in [0.5, 0.6) is 0 Å². The van der Waals surface area contributed by atoms with E-state index >= 15 is 0 Å². The van der Waals surface area contributed by atoms with Gasteiger partial charge in [0.25, 0.3) is 0 Å². The fourth-order valence-electron chi connectivity index (χ4n) is 5.25. The number of piperidine rings is 1. The summed E-state index contributed by atoms with van der Waals surface area (Å²) in [5, 5.41) is 12.3. The van der Waals surface area contributed by atoms with Crippen LogP contribution in [-0.4, -0.2) is 65.5 Å². The average Bonchev–Trinajstić information content (AvgIpc) is 3.44. The Balaban J connectivity index is 1.44. The highest BCUT2D eigenvalue weighted by Gasteiger charge is 2.49. The van der Waals surface area contributed by atoms with E-state index in [1.165, 1.54) is 0 Å². The Morgan fingerprint density at radius 3 is 2.28 bits per heavy atom. The topological polar surface area (TPSA) is 90.0 Å². The second-order valence-electron chi connectivity index (χ2n) is 10.2. The Kier molecular flexibility index (Phi) is 6.14. The highest BCUT2D eigenvalue weighted by atomic mass is 35.5. The van der Waals surface area contributed by atoms with Crippen LogP contribution in [0.4, 0.5) is 4.79 Å². The van der Waals surface area contributed by atoms with Gasteiger partial charge in [-0.2, -0.15) is 0 Å². The summed E-state index contributed by atoms with van der Waals surface area (Å²) in [6.45, 7) is 6.72. The number of hydrogen-bond acceptors (Lipinski definition) is 3. The van der Waals surface area contributed by atoms with E-state index in [0.717, 1.165) is 18.4 Å². The molecule has 4 rings (SSSR count). The van der Waals surface area contributed by atoms with E-state index in [0.29, 0.717) is 44.0 Å². The lowest BCUT2D eigenvalue weighted by Gasteiger charge is -2.35. The van der Waals surface area contributed by atoms with Crippen molar-refractivity contribution in [3.63, 3.8) is 0 Å². The monoisotopic (exact) mass is 461 g/mol. The van der Waals surface area contributed by atoms with E-state index in [-0.39, 0.29) is 41.0 Å². The summed E-state index contributed by atoms with van der Waals surface area (Å²) >= 11 is 6.07. The van der Waals surface area contributed by atoms with Gasteiger partial charge in [0.05, 0.1) is 0 Å². The number of carbonyl (C=O) groups excluding carboxylic acids is 2. The SMILES string of the molecule is CC1(C(=O)N2CCC(C(=O)N3C[C@H](CNC(=O)O)[C@](C)(c4ccc(Cl)cc4)C3)CC2)CC1. The zero-order valence-electron chi connectivity index (χ0n) is 18.8. The molecule has 174 valence electrons. The molecule has 2 N–H and O–H groups in total. The molecular formula is C24H32ClN3O4. The molecule has 32 heavy (non-hydrogen) atoms. The van der Waals surface area contributed by atoms with Crippen molar-refractivity contribution in [1.82, 2.24) is 15.1 Å². The van der Waals surface area contributed by atoms with Crippen molar-refractivity contribution >= 4 is 29.5 Å². The molecule has 7 nitrogen and oxygen atoms in total. The minimum atomic E-state index is -1.06. The number of benzene rings is 1. The fourth-order valence-corrected chi connectivity index (χ4v) is 5.38. The molecule has 1 aromatic rings. The highest BCUT2D eigenvalue weighted by Crippen LogP contribution is 2.47. The van der Waals surface area contributed by atoms with E-state index in [4.69, 9.17) is 16.7 Å². The Morgan fingerprint density at radius 2 is 1.72 bits per heavy atom. The van der Waals surface area contributed by atoms with Gasteiger partial charge < -0.3 is 20.2 Å². The van der Waals surface area contributed by atoms with Crippen LogP contribution >= 0.6 is 11.6 Å². The van der Waals surface area contributed by atoms with Crippen LogP contribution in [0.15, 0.2) is 24.3 Å². The van der Waals surface area contributed by atoms with Gasteiger partial charge in [0.2, 0.25) is 11.8 Å². The van der Waals surface area contributed by atoms with Crippen LogP contribution in [0.25, 0.3) is 0 Å². The molecule has 2 saturated heterocycles. The van der Waals surface area contributed by atoms with E-state index in [9.17, 15) is 14.4 Å². The molecule has 0 bridgehead atoms. The third-order valence-corrected chi connectivity index (χ3v) is 8.08. The van der Waals surface area contributed by atoms with Gasteiger partial charge in [-0.05, 0) is 43.4 Å². The summed E-state index contributed by atoms with van der Waals surface area (Å²) in [6.07, 6.45) is 2.25. The van der Waals surface area contributed by atoms with E-state index < -0.39 is 6.09 Å². The van der Waals surface area contributed by atoms with E-state index in [2.05, 4.69) is 12.2 Å². The molecule has 2 atom stereocenters. The first-order valence-electron chi connectivity index (χ1n) is 11.4. The molecule has 3 amide bonds. The maximum absolute atomic E-state index is 13.4. The van der Waals surface area contributed by atoms with Crippen LogP contribution in [0.3, 0.4) is 0 Å². The number of likely N-dealkylation sites (tertiary alicyclic amines) is 2. The van der Waals surface area contributed by atoms with Gasteiger partial charge in [0.15, 0.2) is 0 Å². The third kappa shape index (κ3) is 4.45.